The number of carbonyl (C=O) groups excluding carboxylic acids is 1. The Labute approximate surface area is 136 Å². The summed E-state index contributed by atoms with van der Waals surface area (Å²) in [6.07, 6.45) is -4.55. The molecule has 0 saturated heterocycles. The highest BCUT2D eigenvalue weighted by atomic mass is 19.4. The molecular weight excluding hydrogens is 319 g/mol. The molecule has 3 aromatic rings. The number of hydrogen-bond donors (Lipinski definition) is 1. The summed E-state index contributed by atoms with van der Waals surface area (Å²) in [5, 5.41) is 3.06. The van der Waals surface area contributed by atoms with Gasteiger partial charge >= 0.3 is 6.18 Å². The normalized spacial score (nSPS) is 11.7. The van der Waals surface area contributed by atoms with E-state index in [1.807, 2.05) is 19.1 Å². The molecule has 3 nitrogen and oxygen atoms in total. The third-order valence-electron chi connectivity index (χ3n) is 3.78. The van der Waals surface area contributed by atoms with Crippen LogP contribution in [-0.2, 0) is 6.18 Å². The molecule has 0 aliphatic rings. The molecule has 24 heavy (non-hydrogen) atoms. The fraction of sp³-hybridized carbons (Fsp3) is 0.167. The molecule has 0 spiro atoms. The van der Waals surface area contributed by atoms with Gasteiger partial charge in [0, 0.05) is 10.9 Å². The molecule has 124 valence electrons. The van der Waals surface area contributed by atoms with Gasteiger partial charge in [-0.15, -0.1) is 0 Å². The van der Waals surface area contributed by atoms with Crippen molar-refractivity contribution in [3.8, 4) is 0 Å². The largest absolute Gasteiger partial charge is 0.451 e. The maximum atomic E-state index is 13.0. The van der Waals surface area contributed by atoms with Crippen molar-refractivity contribution in [2.75, 3.05) is 5.32 Å². The standard InChI is InChI=1S/C18H14F3NO2/c1-10-7-8-12-11(2)16(24-15(12)9-10)17(23)22-14-6-4-3-5-13(14)18(19,20)21/h3-9H,1-2H3,(H,22,23). The van der Waals surface area contributed by atoms with Crippen LogP contribution in [0, 0.1) is 13.8 Å². The van der Waals surface area contributed by atoms with E-state index in [0.717, 1.165) is 17.0 Å². The maximum Gasteiger partial charge on any atom is 0.418 e. The first-order valence-electron chi connectivity index (χ1n) is 7.24. The first-order valence-corrected chi connectivity index (χ1v) is 7.24. The van der Waals surface area contributed by atoms with Gasteiger partial charge in [-0.05, 0) is 37.6 Å². The quantitative estimate of drug-likeness (QED) is 0.689. The van der Waals surface area contributed by atoms with Crippen molar-refractivity contribution < 1.29 is 22.4 Å². The molecule has 1 heterocycles. The molecule has 0 atom stereocenters. The van der Waals surface area contributed by atoms with Crippen LogP contribution in [0.25, 0.3) is 11.0 Å². The molecule has 0 aliphatic carbocycles. The van der Waals surface area contributed by atoms with Crippen LogP contribution in [0.15, 0.2) is 46.9 Å². The van der Waals surface area contributed by atoms with Crippen molar-refractivity contribution in [3.05, 3.63) is 64.9 Å². The Morgan fingerprint density at radius 2 is 1.79 bits per heavy atom. The SMILES string of the molecule is Cc1ccc2c(C)c(C(=O)Nc3ccccc3C(F)(F)F)oc2c1. The predicted molar refractivity (Wildman–Crippen MR) is 85.1 cm³/mol. The summed E-state index contributed by atoms with van der Waals surface area (Å²) in [5.41, 5.74) is 0.883. The van der Waals surface area contributed by atoms with E-state index in [2.05, 4.69) is 5.32 Å². The zero-order valence-corrected chi connectivity index (χ0v) is 13.0. The lowest BCUT2D eigenvalue weighted by Gasteiger charge is -2.12. The van der Waals surface area contributed by atoms with Crippen LogP contribution in [0.3, 0.4) is 0 Å². The fourth-order valence-electron chi connectivity index (χ4n) is 2.57. The van der Waals surface area contributed by atoms with Gasteiger partial charge in [0.25, 0.3) is 5.91 Å². The summed E-state index contributed by atoms with van der Waals surface area (Å²) in [4.78, 5) is 12.4. The monoisotopic (exact) mass is 333 g/mol. The van der Waals surface area contributed by atoms with Crippen LogP contribution in [-0.4, -0.2) is 5.91 Å². The number of nitrogens with one attached hydrogen (secondary N) is 1. The average molecular weight is 333 g/mol. The van der Waals surface area contributed by atoms with E-state index < -0.39 is 17.6 Å². The number of aryl methyl sites for hydroxylation is 2. The first-order chi connectivity index (χ1) is 11.3. The van der Waals surface area contributed by atoms with E-state index in [4.69, 9.17) is 4.42 Å². The number of anilines is 1. The molecule has 0 bridgehead atoms. The van der Waals surface area contributed by atoms with Crippen molar-refractivity contribution >= 4 is 22.6 Å². The van der Waals surface area contributed by atoms with Gasteiger partial charge in [-0.3, -0.25) is 4.79 Å². The molecule has 2 aromatic carbocycles. The first kappa shape index (κ1) is 16.1. The predicted octanol–water partition coefficient (Wildman–Crippen LogP) is 5.32. The molecule has 1 N–H and O–H groups in total. The highest BCUT2D eigenvalue weighted by Gasteiger charge is 2.34. The fourth-order valence-corrected chi connectivity index (χ4v) is 2.57. The molecule has 0 radical (unpaired) electrons. The number of alkyl halides is 3. The minimum atomic E-state index is -4.55. The lowest BCUT2D eigenvalue weighted by Crippen LogP contribution is -2.16. The Bertz CT molecular complexity index is 926. The molecule has 1 amide bonds. The van der Waals surface area contributed by atoms with Crippen molar-refractivity contribution in [3.63, 3.8) is 0 Å². The smallest absolute Gasteiger partial charge is 0.418 e. The van der Waals surface area contributed by atoms with Gasteiger partial charge in [0.15, 0.2) is 5.76 Å². The zero-order chi connectivity index (χ0) is 17.5. The van der Waals surface area contributed by atoms with E-state index >= 15 is 0 Å². The van der Waals surface area contributed by atoms with Crippen LogP contribution in [0.2, 0.25) is 0 Å². The van der Waals surface area contributed by atoms with E-state index in [1.165, 1.54) is 18.2 Å². The molecule has 6 heteroatoms. The number of para-hydroxylation sites is 1. The summed E-state index contributed by atoms with van der Waals surface area (Å²) in [6, 6.07) is 10.3. The van der Waals surface area contributed by atoms with Gasteiger partial charge in [-0.1, -0.05) is 24.3 Å². The average Bonchev–Trinajstić information content (AvgIpc) is 2.83. The van der Waals surface area contributed by atoms with Crippen molar-refractivity contribution in [2.45, 2.75) is 20.0 Å². The number of amides is 1. The molecule has 0 fully saturated rings. The Kier molecular flexibility index (Phi) is 3.83. The van der Waals surface area contributed by atoms with Crippen LogP contribution < -0.4 is 5.32 Å². The highest BCUT2D eigenvalue weighted by molar-refractivity contribution is 6.06. The van der Waals surface area contributed by atoms with Crippen LogP contribution >= 0.6 is 0 Å². The molecule has 0 saturated carbocycles. The lowest BCUT2D eigenvalue weighted by molar-refractivity contribution is -0.136. The van der Waals surface area contributed by atoms with Gasteiger partial charge in [0.2, 0.25) is 0 Å². The lowest BCUT2D eigenvalue weighted by atomic mass is 10.1. The van der Waals surface area contributed by atoms with Crippen LogP contribution in [0.4, 0.5) is 18.9 Å². The van der Waals surface area contributed by atoms with E-state index in [0.29, 0.717) is 11.1 Å². The minimum absolute atomic E-state index is 0.00702. The van der Waals surface area contributed by atoms with Crippen LogP contribution in [0.1, 0.15) is 27.2 Å². The van der Waals surface area contributed by atoms with E-state index in [-0.39, 0.29) is 11.4 Å². The maximum absolute atomic E-state index is 13.0. The van der Waals surface area contributed by atoms with Crippen molar-refractivity contribution in [1.82, 2.24) is 0 Å². The number of fused-ring (bicyclic) bond motifs is 1. The number of rotatable bonds is 2. The van der Waals surface area contributed by atoms with Gasteiger partial charge in [0.1, 0.15) is 5.58 Å². The third kappa shape index (κ3) is 2.87. The van der Waals surface area contributed by atoms with Crippen molar-refractivity contribution in [1.29, 1.82) is 0 Å². The van der Waals surface area contributed by atoms with E-state index in [1.54, 1.807) is 13.0 Å². The second-order valence-corrected chi connectivity index (χ2v) is 5.55. The Balaban J connectivity index is 1.98. The third-order valence-corrected chi connectivity index (χ3v) is 3.78. The Morgan fingerprint density at radius 3 is 2.50 bits per heavy atom. The number of hydrogen-bond acceptors (Lipinski definition) is 2. The topological polar surface area (TPSA) is 42.2 Å². The van der Waals surface area contributed by atoms with Gasteiger partial charge in [-0.25, -0.2) is 0 Å². The summed E-state index contributed by atoms with van der Waals surface area (Å²) in [5.74, 6) is -0.703. The number of halogens is 3. The molecular formula is C18H14F3NO2. The van der Waals surface area contributed by atoms with E-state index in [9.17, 15) is 18.0 Å². The van der Waals surface area contributed by atoms with Gasteiger partial charge in [-0.2, -0.15) is 13.2 Å². The Hall–Kier alpha value is -2.76. The van der Waals surface area contributed by atoms with Crippen molar-refractivity contribution in [2.24, 2.45) is 0 Å². The summed E-state index contributed by atoms with van der Waals surface area (Å²) < 4.78 is 44.6. The second kappa shape index (κ2) is 5.70. The molecule has 0 aliphatic heterocycles. The number of benzene rings is 2. The highest BCUT2D eigenvalue weighted by Crippen LogP contribution is 2.35. The molecule has 1 aromatic heterocycles. The summed E-state index contributed by atoms with van der Waals surface area (Å²) >= 11 is 0. The number of carbonyl (C=O) groups is 1. The Morgan fingerprint density at radius 1 is 1.08 bits per heavy atom. The zero-order valence-electron chi connectivity index (χ0n) is 13.0. The minimum Gasteiger partial charge on any atom is -0.451 e. The van der Waals surface area contributed by atoms with Gasteiger partial charge < -0.3 is 9.73 Å². The summed E-state index contributed by atoms with van der Waals surface area (Å²) in [7, 11) is 0. The summed E-state index contributed by atoms with van der Waals surface area (Å²) in [6.45, 7) is 3.59. The molecule has 0 unspecified atom stereocenters. The molecule has 3 rings (SSSR count). The second-order valence-electron chi connectivity index (χ2n) is 5.55. The number of furan rings is 1. The van der Waals surface area contributed by atoms with Crippen LogP contribution in [0.5, 0.6) is 0 Å². The van der Waals surface area contributed by atoms with Gasteiger partial charge in [0.05, 0.1) is 11.3 Å².